The highest BCUT2D eigenvalue weighted by atomic mass is 16.5. The van der Waals surface area contributed by atoms with Crippen molar-refractivity contribution in [2.45, 2.75) is 26.2 Å². The summed E-state index contributed by atoms with van der Waals surface area (Å²) in [4.78, 5) is 11.3. The molecule has 1 rings (SSSR count). The highest BCUT2D eigenvalue weighted by molar-refractivity contribution is 5.70. The van der Waals surface area contributed by atoms with E-state index in [2.05, 4.69) is 26.0 Å². The molecule has 1 aromatic rings. The smallest absolute Gasteiger partial charge is 0.306 e. The average molecular weight is 206 g/mol. The fraction of sp³-hybridized carbons (Fsp3) is 0.462. The number of rotatable bonds is 4. The van der Waals surface area contributed by atoms with Crippen LogP contribution in [0.4, 0.5) is 0 Å². The van der Waals surface area contributed by atoms with Gasteiger partial charge in [-0.05, 0) is 17.4 Å². The third-order valence-corrected chi connectivity index (χ3v) is 2.65. The van der Waals surface area contributed by atoms with Gasteiger partial charge in [0.25, 0.3) is 0 Å². The van der Waals surface area contributed by atoms with Crippen LogP contribution >= 0.6 is 0 Å². The van der Waals surface area contributed by atoms with Crippen molar-refractivity contribution in [1.29, 1.82) is 0 Å². The number of hydrogen-bond donors (Lipinski definition) is 0. The summed E-state index contributed by atoms with van der Waals surface area (Å²) in [6.45, 7) is 4.25. The summed E-state index contributed by atoms with van der Waals surface area (Å²) >= 11 is 0. The molecule has 0 spiro atoms. The van der Waals surface area contributed by atoms with E-state index in [0.29, 0.717) is 12.3 Å². The Balaban J connectivity index is 2.79. The number of methoxy groups -OCH3 is 1. The zero-order valence-electron chi connectivity index (χ0n) is 9.57. The summed E-state index contributed by atoms with van der Waals surface area (Å²) < 4.78 is 4.71. The van der Waals surface area contributed by atoms with Gasteiger partial charge >= 0.3 is 5.97 Å². The van der Waals surface area contributed by atoms with Crippen LogP contribution in [0.25, 0.3) is 0 Å². The van der Waals surface area contributed by atoms with E-state index in [9.17, 15) is 4.79 Å². The van der Waals surface area contributed by atoms with E-state index in [4.69, 9.17) is 4.74 Å². The van der Waals surface area contributed by atoms with E-state index >= 15 is 0 Å². The lowest BCUT2D eigenvalue weighted by Gasteiger charge is -2.19. The summed E-state index contributed by atoms with van der Waals surface area (Å²) in [5, 5.41) is 0. The van der Waals surface area contributed by atoms with Gasteiger partial charge in [-0.25, -0.2) is 0 Å². The number of ether oxygens (including phenoxy) is 1. The number of esters is 1. The Hall–Kier alpha value is -1.31. The Kier molecular flexibility index (Phi) is 4.35. The Bertz CT molecular complexity index is 304. The largest absolute Gasteiger partial charge is 0.469 e. The predicted molar refractivity (Wildman–Crippen MR) is 60.7 cm³/mol. The first-order chi connectivity index (χ1) is 7.15. The van der Waals surface area contributed by atoms with Gasteiger partial charge in [-0.3, -0.25) is 4.79 Å². The van der Waals surface area contributed by atoms with E-state index in [1.54, 1.807) is 0 Å². The van der Waals surface area contributed by atoms with Crippen LogP contribution in [0.1, 0.15) is 31.7 Å². The maximum Gasteiger partial charge on any atom is 0.306 e. The van der Waals surface area contributed by atoms with E-state index in [1.165, 1.54) is 12.7 Å². The van der Waals surface area contributed by atoms with Gasteiger partial charge in [0.1, 0.15) is 0 Å². The Morgan fingerprint density at radius 1 is 1.27 bits per heavy atom. The maximum atomic E-state index is 11.3. The first-order valence-electron chi connectivity index (χ1n) is 5.27. The van der Waals surface area contributed by atoms with Crippen molar-refractivity contribution in [3.63, 3.8) is 0 Å². The molecule has 1 atom stereocenters. The molecule has 0 amide bonds. The van der Waals surface area contributed by atoms with Gasteiger partial charge in [-0.2, -0.15) is 0 Å². The van der Waals surface area contributed by atoms with Crippen LogP contribution in [0.15, 0.2) is 30.3 Å². The fourth-order valence-corrected chi connectivity index (χ4v) is 1.70. The van der Waals surface area contributed by atoms with Gasteiger partial charge in [-0.15, -0.1) is 0 Å². The lowest BCUT2D eigenvalue weighted by molar-refractivity contribution is -0.141. The van der Waals surface area contributed by atoms with Gasteiger partial charge in [0, 0.05) is 0 Å². The molecule has 0 saturated carbocycles. The minimum absolute atomic E-state index is 0.141. The molecular formula is C13H18O2. The maximum absolute atomic E-state index is 11.3. The van der Waals surface area contributed by atoms with Crippen LogP contribution in [-0.2, 0) is 9.53 Å². The Morgan fingerprint density at radius 3 is 2.33 bits per heavy atom. The molecule has 0 aliphatic carbocycles. The van der Waals surface area contributed by atoms with Gasteiger partial charge in [-0.1, -0.05) is 44.2 Å². The minimum atomic E-state index is -0.141. The molecule has 15 heavy (non-hydrogen) atoms. The van der Waals surface area contributed by atoms with Crippen molar-refractivity contribution in [3.05, 3.63) is 35.9 Å². The van der Waals surface area contributed by atoms with Crippen LogP contribution in [0.3, 0.4) is 0 Å². The number of carbonyl (C=O) groups is 1. The lowest BCUT2D eigenvalue weighted by atomic mass is 9.86. The summed E-state index contributed by atoms with van der Waals surface area (Å²) in [7, 11) is 1.44. The van der Waals surface area contributed by atoms with Gasteiger partial charge in [0.2, 0.25) is 0 Å². The predicted octanol–water partition coefficient (Wildman–Crippen LogP) is 2.99. The molecule has 1 aromatic carbocycles. The second-order valence-electron chi connectivity index (χ2n) is 4.04. The summed E-state index contributed by atoms with van der Waals surface area (Å²) in [6.07, 6.45) is 0.457. The number of hydrogen-bond acceptors (Lipinski definition) is 2. The van der Waals surface area contributed by atoms with Crippen molar-refractivity contribution in [2.24, 2.45) is 5.92 Å². The lowest BCUT2D eigenvalue weighted by Crippen LogP contribution is -2.13. The fourth-order valence-electron chi connectivity index (χ4n) is 1.70. The standard InChI is InChI=1S/C13H18O2/c1-10(2)12(9-13(14)15-3)11-7-5-4-6-8-11/h4-8,10,12H,9H2,1-3H3. The SMILES string of the molecule is COC(=O)CC(c1ccccc1)C(C)C. The summed E-state index contributed by atoms with van der Waals surface area (Å²) in [6, 6.07) is 10.1. The first kappa shape index (κ1) is 11.8. The summed E-state index contributed by atoms with van der Waals surface area (Å²) in [5.74, 6) is 0.544. The van der Waals surface area contributed by atoms with Gasteiger partial charge < -0.3 is 4.74 Å². The molecule has 0 saturated heterocycles. The molecule has 0 aliphatic rings. The normalized spacial score (nSPS) is 12.5. The van der Waals surface area contributed by atoms with Crippen LogP contribution in [0.5, 0.6) is 0 Å². The van der Waals surface area contributed by atoms with E-state index in [1.807, 2.05) is 18.2 Å². The third kappa shape index (κ3) is 3.39. The molecule has 0 radical (unpaired) electrons. The monoisotopic (exact) mass is 206 g/mol. The molecular weight excluding hydrogens is 188 g/mol. The quantitative estimate of drug-likeness (QED) is 0.708. The Morgan fingerprint density at radius 2 is 1.87 bits per heavy atom. The molecule has 0 heterocycles. The van der Waals surface area contributed by atoms with Gasteiger partial charge in [0.15, 0.2) is 0 Å². The third-order valence-electron chi connectivity index (χ3n) is 2.65. The zero-order chi connectivity index (χ0) is 11.3. The van der Waals surface area contributed by atoms with Crippen LogP contribution in [0.2, 0.25) is 0 Å². The van der Waals surface area contributed by atoms with E-state index in [0.717, 1.165) is 0 Å². The van der Waals surface area contributed by atoms with E-state index in [-0.39, 0.29) is 11.9 Å². The molecule has 0 N–H and O–H groups in total. The topological polar surface area (TPSA) is 26.3 Å². The molecule has 1 unspecified atom stereocenters. The van der Waals surface area contributed by atoms with Gasteiger partial charge in [0.05, 0.1) is 13.5 Å². The molecule has 82 valence electrons. The molecule has 2 nitrogen and oxygen atoms in total. The van der Waals surface area contributed by atoms with E-state index < -0.39 is 0 Å². The second kappa shape index (κ2) is 5.54. The highest BCUT2D eigenvalue weighted by Gasteiger charge is 2.19. The Labute approximate surface area is 91.3 Å². The van der Waals surface area contributed by atoms with Crippen LogP contribution < -0.4 is 0 Å². The van der Waals surface area contributed by atoms with Crippen molar-refractivity contribution >= 4 is 5.97 Å². The van der Waals surface area contributed by atoms with Crippen LogP contribution in [-0.4, -0.2) is 13.1 Å². The van der Waals surface area contributed by atoms with Crippen molar-refractivity contribution in [3.8, 4) is 0 Å². The second-order valence-corrected chi connectivity index (χ2v) is 4.04. The number of benzene rings is 1. The average Bonchev–Trinajstić information content (AvgIpc) is 2.26. The zero-order valence-corrected chi connectivity index (χ0v) is 9.57. The van der Waals surface area contributed by atoms with Crippen LogP contribution in [0, 0.1) is 5.92 Å². The van der Waals surface area contributed by atoms with Crippen molar-refractivity contribution in [1.82, 2.24) is 0 Å². The number of carbonyl (C=O) groups excluding carboxylic acids is 1. The summed E-state index contributed by atoms with van der Waals surface area (Å²) in [5.41, 5.74) is 1.21. The molecule has 0 fully saturated rings. The highest BCUT2D eigenvalue weighted by Crippen LogP contribution is 2.27. The molecule has 0 aromatic heterocycles. The molecule has 0 aliphatic heterocycles. The van der Waals surface area contributed by atoms with Crippen molar-refractivity contribution < 1.29 is 9.53 Å². The first-order valence-corrected chi connectivity index (χ1v) is 5.27. The molecule has 2 heteroatoms. The van der Waals surface area contributed by atoms with Crippen molar-refractivity contribution in [2.75, 3.05) is 7.11 Å². The molecule has 0 bridgehead atoms. The minimum Gasteiger partial charge on any atom is -0.469 e.